The fraction of sp³-hybridized carbons (Fsp3) is 0.917. The number of nitrogens with zero attached hydrogens (tertiary/aromatic N) is 1. The van der Waals surface area contributed by atoms with Gasteiger partial charge in [-0.3, -0.25) is 4.79 Å². The average Bonchev–Trinajstić information content (AvgIpc) is 2.66. The molecule has 94 valence electrons. The van der Waals surface area contributed by atoms with Crippen molar-refractivity contribution < 1.29 is 4.79 Å². The first-order valence-electron chi connectivity index (χ1n) is 6.02. The van der Waals surface area contributed by atoms with Gasteiger partial charge in [-0.1, -0.05) is 0 Å². The Labute approximate surface area is 108 Å². The number of rotatable bonds is 5. The van der Waals surface area contributed by atoms with E-state index in [4.69, 9.17) is 11.6 Å². The Kier molecular flexibility index (Phi) is 5.45. The van der Waals surface area contributed by atoms with Crippen LogP contribution in [0.4, 0.5) is 0 Å². The lowest BCUT2D eigenvalue weighted by Gasteiger charge is -2.34. The molecule has 2 nitrogen and oxygen atoms in total. The average molecular weight is 264 g/mol. The molecule has 0 aromatic carbocycles. The Morgan fingerprint density at radius 3 is 2.69 bits per heavy atom. The van der Waals surface area contributed by atoms with Gasteiger partial charge in [0.2, 0.25) is 5.91 Å². The number of carbonyl (C=O) groups excluding carboxylic acids is 1. The Morgan fingerprint density at radius 1 is 1.56 bits per heavy atom. The van der Waals surface area contributed by atoms with E-state index in [1.165, 1.54) is 0 Å². The molecule has 0 bridgehead atoms. The molecule has 1 saturated heterocycles. The van der Waals surface area contributed by atoms with E-state index < -0.39 is 0 Å². The third-order valence-electron chi connectivity index (χ3n) is 3.09. The summed E-state index contributed by atoms with van der Waals surface area (Å²) in [5, 5.41) is 0. The zero-order valence-corrected chi connectivity index (χ0v) is 12.0. The highest BCUT2D eigenvalue weighted by Gasteiger charge is 2.40. The first-order valence-corrected chi connectivity index (χ1v) is 7.54. The van der Waals surface area contributed by atoms with Gasteiger partial charge in [-0.25, -0.2) is 0 Å². The van der Waals surface area contributed by atoms with E-state index in [0.29, 0.717) is 11.8 Å². The van der Waals surface area contributed by atoms with Crippen molar-refractivity contribution in [1.29, 1.82) is 0 Å². The van der Waals surface area contributed by atoms with E-state index in [9.17, 15) is 4.79 Å². The summed E-state index contributed by atoms with van der Waals surface area (Å²) in [5.74, 6) is 2.04. The molecular formula is C12H22ClNOS. The first-order chi connectivity index (χ1) is 7.51. The number of thioether (sulfide) groups is 1. The SMILES string of the molecule is CC(C)N(CCCCl)C(=O)C1(C)CCCS1. The smallest absolute Gasteiger partial charge is 0.238 e. The van der Waals surface area contributed by atoms with Gasteiger partial charge >= 0.3 is 0 Å². The van der Waals surface area contributed by atoms with Crippen LogP contribution in [0.2, 0.25) is 0 Å². The van der Waals surface area contributed by atoms with Crippen molar-refractivity contribution >= 4 is 29.3 Å². The number of halogens is 1. The van der Waals surface area contributed by atoms with E-state index in [1.807, 2.05) is 16.7 Å². The summed E-state index contributed by atoms with van der Waals surface area (Å²) in [7, 11) is 0. The molecule has 1 rings (SSSR count). The molecule has 1 amide bonds. The summed E-state index contributed by atoms with van der Waals surface area (Å²) in [4.78, 5) is 14.5. The monoisotopic (exact) mass is 263 g/mol. The summed E-state index contributed by atoms with van der Waals surface area (Å²) in [6, 6.07) is 0.272. The maximum Gasteiger partial charge on any atom is 0.238 e. The number of carbonyl (C=O) groups is 1. The molecule has 1 aliphatic rings. The van der Waals surface area contributed by atoms with Crippen LogP contribution >= 0.6 is 23.4 Å². The fourth-order valence-corrected chi connectivity index (χ4v) is 3.46. The minimum atomic E-state index is -0.184. The predicted octanol–water partition coefficient (Wildman–Crippen LogP) is 3.14. The van der Waals surface area contributed by atoms with Crippen LogP contribution in [0, 0.1) is 0 Å². The zero-order chi connectivity index (χ0) is 12.2. The van der Waals surface area contributed by atoms with Crippen molar-refractivity contribution in [3.8, 4) is 0 Å². The largest absolute Gasteiger partial charge is 0.339 e. The van der Waals surface area contributed by atoms with E-state index in [0.717, 1.165) is 31.6 Å². The lowest BCUT2D eigenvalue weighted by Crippen LogP contribution is -2.47. The van der Waals surface area contributed by atoms with Crippen molar-refractivity contribution in [3.05, 3.63) is 0 Å². The van der Waals surface area contributed by atoms with Gasteiger partial charge in [-0.2, -0.15) is 0 Å². The molecule has 0 saturated carbocycles. The number of hydrogen-bond donors (Lipinski definition) is 0. The Hall–Kier alpha value is 0.110. The molecule has 0 N–H and O–H groups in total. The third-order valence-corrected chi connectivity index (χ3v) is 4.86. The molecule has 0 radical (unpaired) electrons. The molecule has 0 aromatic heterocycles. The van der Waals surface area contributed by atoms with E-state index in [2.05, 4.69) is 20.8 Å². The van der Waals surface area contributed by atoms with Gasteiger partial charge in [0.25, 0.3) is 0 Å². The van der Waals surface area contributed by atoms with Gasteiger partial charge in [-0.05, 0) is 45.8 Å². The van der Waals surface area contributed by atoms with Crippen LogP contribution in [0.25, 0.3) is 0 Å². The van der Waals surface area contributed by atoms with Crippen LogP contribution in [0.1, 0.15) is 40.0 Å². The van der Waals surface area contributed by atoms with E-state index in [-0.39, 0.29) is 10.8 Å². The number of alkyl halides is 1. The van der Waals surface area contributed by atoms with E-state index >= 15 is 0 Å². The summed E-state index contributed by atoms with van der Waals surface area (Å²) in [5.41, 5.74) is 0. The lowest BCUT2D eigenvalue weighted by atomic mass is 10.0. The zero-order valence-electron chi connectivity index (χ0n) is 10.5. The Morgan fingerprint density at radius 2 is 2.25 bits per heavy atom. The van der Waals surface area contributed by atoms with Gasteiger partial charge in [0, 0.05) is 18.5 Å². The predicted molar refractivity (Wildman–Crippen MR) is 72.3 cm³/mol. The van der Waals surface area contributed by atoms with Gasteiger partial charge < -0.3 is 4.90 Å². The quantitative estimate of drug-likeness (QED) is 0.711. The van der Waals surface area contributed by atoms with Crippen molar-refractivity contribution in [3.63, 3.8) is 0 Å². The summed E-state index contributed by atoms with van der Waals surface area (Å²) in [6.07, 6.45) is 3.06. The highest BCUT2D eigenvalue weighted by atomic mass is 35.5. The van der Waals surface area contributed by atoms with E-state index in [1.54, 1.807) is 0 Å². The standard InChI is InChI=1S/C12H22ClNOS/c1-10(2)14(8-5-7-13)11(15)12(3)6-4-9-16-12/h10H,4-9H2,1-3H3. The van der Waals surface area contributed by atoms with Gasteiger partial charge in [0.15, 0.2) is 0 Å². The maximum absolute atomic E-state index is 12.5. The third kappa shape index (κ3) is 3.30. The van der Waals surface area contributed by atoms with Crippen LogP contribution in [-0.4, -0.2) is 39.8 Å². The first kappa shape index (κ1) is 14.2. The molecular weight excluding hydrogens is 242 g/mol. The van der Waals surface area contributed by atoms with Crippen LogP contribution in [0.15, 0.2) is 0 Å². The molecule has 1 atom stereocenters. The minimum Gasteiger partial charge on any atom is -0.339 e. The summed E-state index contributed by atoms with van der Waals surface area (Å²) in [6.45, 7) is 7.03. The molecule has 1 heterocycles. The Balaban J connectivity index is 2.66. The van der Waals surface area contributed by atoms with Gasteiger partial charge in [0.1, 0.15) is 0 Å². The molecule has 0 spiro atoms. The molecule has 4 heteroatoms. The van der Waals surface area contributed by atoms with Crippen LogP contribution in [0.5, 0.6) is 0 Å². The number of hydrogen-bond acceptors (Lipinski definition) is 2. The van der Waals surface area contributed by atoms with Gasteiger partial charge in [-0.15, -0.1) is 23.4 Å². The summed E-state index contributed by atoms with van der Waals surface area (Å²) >= 11 is 7.51. The highest BCUT2D eigenvalue weighted by molar-refractivity contribution is 8.01. The normalized spacial score (nSPS) is 25.1. The number of amides is 1. The van der Waals surface area contributed by atoms with Crippen molar-refractivity contribution in [2.45, 2.75) is 50.8 Å². The topological polar surface area (TPSA) is 20.3 Å². The minimum absolute atomic E-state index is 0.184. The molecule has 16 heavy (non-hydrogen) atoms. The van der Waals surface area contributed by atoms with Crippen LogP contribution in [0.3, 0.4) is 0 Å². The van der Waals surface area contributed by atoms with Crippen LogP contribution < -0.4 is 0 Å². The molecule has 1 unspecified atom stereocenters. The highest BCUT2D eigenvalue weighted by Crippen LogP contribution is 2.39. The molecule has 0 aliphatic carbocycles. The Bertz CT molecular complexity index is 239. The van der Waals surface area contributed by atoms with Crippen molar-refractivity contribution in [2.75, 3.05) is 18.2 Å². The maximum atomic E-state index is 12.5. The molecule has 1 aliphatic heterocycles. The second kappa shape index (κ2) is 6.15. The van der Waals surface area contributed by atoms with Crippen LogP contribution in [-0.2, 0) is 4.79 Å². The molecule has 1 fully saturated rings. The van der Waals surface area contributed by atoms with Crippen molar-refractivity contribution in [2.24, 2.45) is 0 Å². The molecule has 0 aromatic rings. The second-order valence-electron chi connectivity index (χ2n) is 4.82. The second-order valence-corrected chi connectivity index (χ2v) is 6.79. The van der Waals surface area contributed by atoms with Crippen molar-refractivity contribution in [1.82, 2.24) is 4.90 Å². The fourth-order valence-electron chi connectivity index (χ4n) is 2.08. The van der Waals surface area contributed by atoms with Gasteiger partial charge in [0.05, 0.1) is 4.75 Å². The lowest BCUT2D eigenvalue weighted by molar-refractivity contribution is -0.135. The summed E-state index contributed by atoms with van der Waals surface area (Å²) < 4.78 is -0.184.